The van der Waals surface area contributed by atoms with Gasteiger partial charge in [-0.15, -0.1) is 28.2 Å². The minimum absolute atomic E-state index is 0.00176. The van der Waals surface area contributed by atoms with Gasteiger partial charge >= 0.3 is 5.97 Å². The average molecular weight is 597 g/mol. The van der Waals surface area contributed by atoms with Crippen molar-refractivity contribution in [3.63, 3.8) is 0 Å². The number of oxime groups is 1. The van der Waals surface area contributed by atoms with E-state index in [4.69, 9.17) is 22.0 Å². The summed E-state index contributed by atoms with van der Waals surface area (Å²) in [7, 11) is 1.27. The lowest BCUT2D eigenvalue weighted by Gasteiger charge is -2.49. The molecule has 39 heavy (non-hydrogen) atoms. The van der Waals surface area contributed by atoms with Crippen LogP contribution < -0.4 is 22.5 Å². The quantitative estimate of drug-likeness (QED) is 0.0455. The number of tetrazole rings is 1. The minimum Gasteiger partial charge on any atom is -0.477 e. The number of β-lactam (4-membered cyclic amide) rings is 1. The maximum atomic E-state index is 13.0. The predicted octanol–water partition coefficient (Wildman–Crippen LogP) is -1.74. The van der Waals surface area contributed by atoms with Gasteiger partial charge in [0.25, 0.3) is 11.8 Å². The second-order valence-corrected chi connectivity index (χ2v) is 10.9. The van der Waals surface area contributed by atoms with E-state index in [1.165, 1.54) is 40.9 Å². The van der Waals surface area contributed by atoms with E-state index < -0.39 is 29.2 Å². The van der Waals surface area contributed by atoms with Gasteiger partial charge in [-0.1, -0.05) is 16.9 Å². The SMILES string of the molecule is CO/N=C(/C(=O)N[C@@H]1C(=O)N2C(C(=O)O)=C(CSc3nnnn3CCCN=C(N)N)CS[C@H]12)c1csc(N)n1. The van der Waals surface area contributed by atoms with Crippen molar-refractivity contribution in [2.45, 2.75) is 29.5 Å². The van der Waals surface area contributed by atoms with Gasteiger partial charge in [-0.05, 0) is 22.4 Å². The number of guanidine groups is 1. The summed E-state index contributed by atoms with van der Waals surface area (Å²) in [6.07, 6.45) is 0.596. The van der Waals surface area contributed by atoms with Crippen molar-refractivity contribution in [3.8, 4) is 0 Å². The Kier molecular flexibility index (Phi) is 8.86. The van der Waals surface area contributed by atoms with Gasteiger partial charge in [0.05, 0.1) is 0 Å². The lowest BCUT2D eigenvalue weighted by atomic mass is 10.0. The number of carboxylic acids is 1. The smallest absolute Gasteiger partial charge is 0.352 e. The number of anilines is 1. The molecule has 1 saturated heterocycles. The number of hydrogen-bond donors (Lipinski definition) is 5. The van der Waals surface area contributed by atoms with Gasteiger partial charge in [-0.2, -0.15) is 0 Å². The van der Waals surface area contributed by atoms with Crippen LogP contribution in [0.15, 0.2) is 32.0 Å². The molecule has 0 radical (unpaired) electrons. The standard InChI is InChI=1S/C19H24N12O5S3/c1-36-27-10(9-7-38-18(22)24-9)13(32)25-11-14(33)31-12(16(34)35)8(5-37-15(11)31)6-39-19-26-28-29-30(19)4-2-3-23-17(20)21/h7,11,15H,2-6H2,1H3,(H2,22,24)(H,25,32)(H,34,35)(H4,20,21,23)/b27-10+/t11-,15-/m1/s1. The fraction of sp³-hybridized carbons (Fsp3) is 0.421. The van der Waals surface area contributed by atoms with Gasteiger partial charge in [-0.25, -0.2) is 14.5 Å². The number of nitrogen functional groups attached to an aromatic ring is 1. The number of aliphatic imine (C=N–C) groups is 1. The number of rotatable bonds is 12. The van der Waals surface area contributed by atoms with Crippen LogP contribution in [-0.2, 0) is 25.8 Å². The van der Waals surface area contributed by atoms with E-state index in [1.807, 2.05) is 0 Å². The average Bonchev–Trinajstić information content (AvgIpc) is 3.54. The number of carboxylic acid groups (broad SMARTS) is 1. The van der Waals surface area contributed by atoms with E-state index in [9.17, 15) is 19.5 Å². The zero-order chi connectivity index (χ0) is 28.1. The summed E-state index contributed by atoms with van der Waals surface area (Å²) in [5.41, 5.74) is 16.7. The van der Waals surface area contributed by atoms with Gasteiger partial charge in [0.15, 0.2) is 16.8 Å². The molecule has 8 N–H and O–H groups in total. The van der Waals surface area contributed by atoms with Crippen LogP contribution in [0, 0.1) is 0 Å². The molecule has 2 aromatic rings. The van der Waals surface area contributed by atoms with Crippen LogP contribution in [0.3, 0.4) is 0 Å². The van der Waals surface area contributed by atoms with Crippen LogP contribution in [0.25, 0.3) is 0 Å². The van der Waals surface area contributed by atoms with Crippen molar-refractivity contribution in [1.29, 1.82) is 0 Å². The summed E-state index contributed by atoms with van der Waals surface area (Å²) in [6.45, 7) is 0.867. The third-order valence-corrected chi connectivity index (χ3v) is 8.45. The molecule has 20 heteroatoms. The fourth-order valence-electron chi connectivity index (χ4n) is 3.72. The molecule has 0 aromatic carbocycles. The Morgan fingerprint density at radius 3 is 2.85 bits per heavy atom. The lowest BCUT2D eigenvalue weighted by Crippen LogP contribution is -2.71. The van der Waals surface area contributed by atoms with Gasteiger partial charge in [-0.3, -0.25) is 19.5 Å². The van der Waals surface area contributed by atoms with Crippen LogP contribution in [0.5, 0.6) is 0 Å². The van der Waals surface area contributed by atoms with Crippen LogP contribution in [0.1, 0.15) is 12.1 Å². The Hall–Kier alpha value is -3.91. The Morgan fingerprint density at radius 1 is 1.38 bits per heavy atom. The van der Waals surface area contributed by atoms with E-state index in [0.29, 0.717) is 36.0 Å². The number of aromatic nitrogens is 5. The largest absolute Gasteiger partial charge is 0.477 e. The number of carbonyl (C=O) groups is 3. The number of thioether (sulfide) groups is 2. The van der Waals surface area contributed by atoms with Crippen molar-refractivity contribution in [2.24, 2.45) is 21.6 Å². The number of amides is 2. The fourth-order valence-corrected chi connectivity index (χ4v) is 6.65. The van der Waals surface area contributed by atoms with E-state index in [0.717, 1.165) is 11.3 Å². The molecule has 2 aromatic heterocycles. The summed E-state index contributed by atoms with van der Waals surface area (Å²) < 4.78 is 1.57. The summed E-state index contributed by atoms with van der Waals surface area (Å²) in [5, 5.41) is 29.5. The molecular weight excluding hydrogens is 572 g/mol. The first-order valence-corrected chi connectivity index (χ1v) is 14.1. The Balaban J connectivity index is 1.42. The van der Waals surface area contributed by atoms with E-state index in [2.05, 4.69) is 36.0 Å². The second kappa shape index (κ2) is 12.3. The third kappa shape index (κ3) is 6.23. The highest BCUT2D eigenvalue weighted by Crippen LogP contribution is 2.41. The molecule has 4 heterocycles. The summed E-state index contributed by atoms with van der Waals surface area (Å²) in [4.78, 5) is 52.0. The number of hydrogen-bond acceptors (Lipinski definition) is 14. The maximum Gasteiger partial charge on any atom is 0.352 e. The summed E-state index contributed by atoms with van der Waals surface area (Å²) in [5.74, 6) is -1.94. The number of nitrogens with zero attached hydrogens (tertiary/aromatic N) is 8. The second-order valence-electron chi connectivity index (χ2n) is 7.95. The van der Waals surface area contributed by atoms with Crippen LogP contribution in [0.2, 0.25) is 0 Å². The number of nitrogens with one attached hydrogen (secondary N) is 1. The molecule has 0 saturated carbocycles. The molecule has 0 unspecified atom stereocenters. The molecule has 0 spiro atoms. The Morgan fingerprint density at radius 2 is 2.18 bits per heavy atom. The highest BCUT2D eigenvalue weighted by molar-refractivity contribution is 8.01. The molecular formula is C19H24N12O5S3. The lowest BCUT2D eigenvalue weighted by molar-refractivity contribution is -0.150. The number of carbonyl (C=O) groups excluding carboxylic acids is 2. The van der Waals surface area contributed by atoms with Crippen LogP contribution >= 0.6 is 34.9 Å². The monoisotopic (exact) mass is 596 g/mol. The first kappa shape index (κ1) is 28.1. The zero-order valence-electron chi connectivity index (χ0n) is 20.4. The molecule has 1 fully saturated rings. The van der Waals surface area contributed by atoms with Gasteiger partial charge < -0.3 is 32.5 Å². The highest BCUT2D eigenvalue weighted by Gasteiger charge is 2.54. The van der Waals surface area contributed by atoms with Crippen molar-refractivity contribution in [2.75, 3.05) is 30.9 Å². The van der Waals surface area contributed by atoms with Crippen molar-refractivity contribution >= 4 is 69.4 Å². The van der Waals surface area contributed by atoms with Crippen LogP contribution in [-0.4, -0.2) is 101 Å². The predicted molar refractivity (Wildman–Crippen MR) is 144 cm³/mol. The minimum atomic E-state index is -1.24. The number of aliphatic carboxylic acids is 1. The number of aryl methyl sites for hydroxylation is 1. The Labute approximate surface area is 233 Å². The van der Waals surface area contributed by atoms with Crippen molar-refractivity contribution < 1.29 is 24.3 Å². The van der Waals surface area contributed by atoms with E-state index >= 15 is 0 Å². The van der Waals surface area contributed by atoms with Gasteiger partial charge in [0.1, 0.15) is 29.9 Å². The molecule has 208 valence electrons. The zero-order valence-corrected chi connectivity index (χ0v) is 22.8. The van der Waals surface area contributed by atoms with Gasteiger partial charge in [0.2, 0.25) is 5.16 Å². The van der Waals surface area contributed by atoms with Crippen LogP contribution in [0.4, 0.5) is 5.13 Å². The molecule has 4 rings (SSSR count). The van der Waals surface area contributed by atoms with Crippen molar-refractivity contribution in [1.82, 2.24) is 35.4 Å². The topological polar surface area (TPSA) is 255 Å². The number of fused-ring (bicyclic) bond motifs is 1. The van der Waals surface area contributed by atoms with E-state index in [-0.39, 0.29) is 33.9 Å². The summed E-state index contributed by atoms with van der Waals surface area (Å²) in [6, 6.07) is -0.957. The van der Waals surface area contributed by atoms with E-state index in [1.54, 1.807) is 4.68 Å². The maximum absolute atomic E-state index is 13.0. The number of thiazole rings is 1. The molecule has 2 aliphatic rings. The number of nitrogens with two attached hydrogens (primary N) is 3. The first-order chi connectivity index (χ1) is 18.7. The molecule has 0 bridgehead atoms. The molecule has 2 atom stereocenters. The summed E-state index contributed by atoms with van der Waals surface area (Å²) >= 11 is 3.70. The highest BCUT2D eigenvalue weighted by atomic mass is 32.2. The Bertz CT molecular complexity index is 1350. The molecule has 2 aliphatic heterocycles. The van der Waals surface area contributed by atoms with Crippen molar-refractivity contribution in [3.05, 3.63) is 22.3 Å². The molecule has 17 nitrogen and oxygen atoms in total. The normalized spacial score (nSPS) is 18.8. The molecule has 0 aliphatic carbocycles. The molecule has 2 amide bonds. The van der Waals surface area contributed by atoms with Gasteiger partial charge in [0, 0.05) is 30.0 Å². The third-order valence-electron chi connectivity index (χ3n) is 5.40. The first-order valence-electron chi connectivity index (χ1n) is 11.2.